The molecule has 1 aromatic carbocycles. The Labute approximate surface area is 182 Å². The van der Waals surface area contributed by atoms with Gasteiger partial charge in [0, 0.05) is 24.8 Å². The maximum Gasteiger partial charge on any atom is 0.207 e. The minimum absolute atomic E-state index is 0.196. The van der Waals surface area contributed by atoms with Crippen molar-refractivity contribution >= 4 is 26.8 Å². The van der Waals surface area contributed by atoms with E-state index in [0.717, 1.165) is 0 Å². The summed E-state index contributed by atoms with van der Waals surface area (Å²) in [5.41, 5.74) is 0.530. The minimum Gasteiger partial charge on any atom is -0.388 e. The maximum absolute atomic E-state index is 12.2. The Morgan fingerprint density at radius 2 is 1.87 bits per heavy atom. The number of anilines is 1. The van der Waals surface area contributed by atoms with Crippen LogP contribution in [0.4, 0.5) is 5.82 Å². The second-order valence-electron chi connectivity index (χ2n) is 9.57. The molecule has 1 fully saturated rings. The van der Waals surface area contributed by atoms with Gasteiger partial charge < -0.3 is 10.0 Å². The molecule has 1 aliphatic rings. The average Bonchev–Trinajstić information content (AvgIpc) is 3.21. The van der Waals surface area contributed by atoms with E-state index in [1.54, 1.807) is 24.3 Å². The van der Waals surface area contributed by atoms with Gasteiger partial charge in [-0.05, 0) is 25.0 Å². The normalized spacial score (nSPS) is 20.0. The fourth-order valence-corrected chi connectivity index (χ4v) is 4.67. The zero-order chi connectivity index (χ0) is 22.6. The molecule has 0 saturated carbocycles. The van der Waals surface area contributed by atoms with Gasteiger partial charge in [0.05, 0.1) is 17.0 Å². The molecule has 0 amide bonds. The lowest BCUT2D eigenvalue weighted by Crippen LogP contribution is -2.31. The molecular weight excluding hydrogens is 416 g/mol. The van der Waals surface area contributed by atoms with Crippen molar-refractivity contribution in [3.8, 4) is 0 Å². The van der Waals surface area contributed by atoms with E-state index >= 15 is 0 Å². The van der Waals surface area contributed by atoms with Gasteiger partial charge in [0.1, 0.15) is 5.82 Å². The van der Waals surface area contributed by atoms with Gasteiger partial charge in [0.15, 0.2) is 21.2 Å². The number of nitrogens with zero attached hydrogens (tertiary/aromatic N) is 6. The second-order valence-corrected chi connectivity index (χ2v) is 11.6. The molecule has 10 heteroatoms. The zero-order valence-corrected chi connectivity index (χ0v) is 19.3. The van der Waals surface area contributed by atoms with Gasteiger partial charge in [0.2, 0.25) is 5.65 Å². The second kappa shape index (κ2) is 7.23. The van der Waals surface area contributed by atoms with E-state index < -0.39 is 15.4 Å². The summed E-state index contributed by atoms with van der Waals surface area (Å²) in [6.07, 6.45) is 1.83. The monoisotopic (exact) mass is 444 g/mol. The van der Waals surface area contributed by atoms with Crippen LogP contribution in [-0.4, -0.2) is 63.4 Å². The van der Waals surface area contributed by atoms with E-state index in [9.17, 15) is 13.5 Å². The molecule has 2 aromatic heterocycles. The van der Waals surface area contributed by atoms with E-state index in [4.69, 9.17) is 4.98 Å². The van der Waals surface area contributed by atoms with Crippen LogP contribution in [-0.2, 0) is 21.8 Å². The molecular formula is C21H28N6O3S. The molecule has 4 rings (SSSR count). The molecule has 1 saturated heterocycles. The lowest BCUT2D eigenvalue weighted by atomic mass is 9.96. The first-order chi connectivity index (χ1) is 14.3. The van der Waals surface area contributed by atoms with Gasteiger partial charge in [-0.2, -0.15) is 4.80 Å². The Balaban J connectivity index is 1.81. The third-order valence-corrected chi connectivity index (χ3v) is 6.58. The summed E-state index contributed by atoms with van der Waals surface area (Å²) >= 11 is 0. The molecule has 0 radical (unpaired) electrons. The van der Waals surface area contributed by atoms with Crippen LogP contribution < -0.4 is 4.90 Å². The largest absolute Gasteiger partial charge is 0.388 e. The average molecular weight is 445 g/mol. The lowest BCUT2D eigenvalue weighted by Gasteiger charge is -2.22. The van der Waals surface area contributed by atoms with Crippen molar-refractivity contribution in [1.29, 1.82) is 0 Å². The summed E-state index contributed by atoms with van der Waals surface area (Å²) in [6.45, 7) is 9.22. The van der Waals surface area contributed by atoms with Crippen LogP contribution in [0, 0.1) is 0 Å². The Hall–Kier alpha value is -2.59. The van der Waals surface area contributed by atoms with Crippen LogP contribution in [0.3, 0.4) is 0 Å². The van der Waals surface area contributed by atoms with Gasteiger partial charge in [-0.25, -0.2) is 18.4 Å². The van der Waals surface area contributed by atoms with Crippen LogP contribution in [0.15, 0.2) is 29.2 Å². The smallest absolute Gasteiger partial charge is 0.207 e. The summed E-state index contributed by atoms with van der Waals surface area (Å²) in [5.74, 6) is 1.29. The standard InChI is InChI=1S/C21H28N6O3S/c1-20(2,3)19-22-17-16(18(23-19)26-11-10-21(4,28)13-26)24-27(25-17)12-14-8-6-7-9-15(14)31(5,29)30/h6-9,28H,10-13H2,1-5H3/t21-/m0/s1. The lowest BCUT2D eigenvalue weighted by molar-refractivity contribution is 0.0839. The maximum atomic E-state index is 12.2. The van der Waals surface area contributed by atoms with Crippen molar-refractivity contribution in [3.05, 3.63) is 35.7 Å². The highest BCUT2D eigenvalue weighted by Crippen LogP contribution is 2.31. The highest BCUT2D eigenvalue weighted by molar-refractivity contribution is 7.90. The summed E-state index contributed by atoms with van der Waals surface area (Å²) in [5, 5.41) is 19.6. The van der Waals surface area contributed by atoms with Crippen molar-refractivity contribution in [2.75, 3.05) is 24.2 Å². The first-order valence-electron chi connectivity index (χ1n) is 10.2. The van der Waals surface area contributed by atoms with Crippen molar-refractivity contribution in [2.45, 2.75) is 56.6 Å². The first kappa shape index (κ1) is 21.6. The van der Waals surface area contributed by atoms with Crippen LogP contribution in [0.5, 0.6) is 0 Å². The summed E-state index contributed by atoms with van der Waals surface area (Å²) in [6, 6.07) is 6.84. The van der Waals surface area contributed by atoms with E-state index in [-0.39, 0.29) is 16.9 Å². The molecule has 1 atom stereocenters. The van der Waals surface area contributed by atoms with Crippen LogP contribution in [0.25, 0.3) is 11.2 Å². The molecule has 166 valence electrons. The number of rotatable bonds is 4. The molecule has 0 unspecified atom stereocenters. The van der Waals surface area contributed by atoms with E-state index in [1.807, 2.05) is 32.6 Å². The van der Waals surface area contributed by atoms with Gasteiger partial charge in [-0.3, -0.25) is 0 Å². The Morgan fingerprint density at radius 3 is 2.48 bits per heavy atom. The van der Waals surface area contributed by atoms with Gasteiger partial charge in [0.25, 0.3) is 0 Å². The summed E-state index contributed by atoms with van der Waals surface area (Å²) in [4.78, 5) is 13.2. The third-order valence-electron chi connectivity index (χ3n) is 5.38. The molecule has 3 aromatic rings. The molecule has 1 N–H and O–H groups in total. The molecule has 9 nitrogen and oxygen atoms in total. The topological polar surface area (TPSA) is 114 Å². The molecule has 1 aliphatic heterocycles. The van der Waals surface area contributed by atoms with Crippen molar-refractivity contribution in [1.82, 2.24) is 25.0 Å². The van der Waals surface area contributed by atoms with Gasteiger partial charge in [-0.1, -0.05) is 39.0 Å². The predicted molar refractivity (Wildman–Crippen MR) is 118 cm³/mol. The van der Waals surface area contributed by atoms with E-state index in [0.29, 0.717) is 47.9 Å². The molecule has 0 aliphatic carbocycles. The Bertz CT molecular complexity index is 1240. The molecule has 0 spiro atoms. The third kappa shape index (κ3) is 4.40. The fourth-order valence-electron chi connectivity index (χ4n) is 3.74. The summed E-state index contributed by atoms with van der Waals surface area (Å²) < 4.78 is 24.3. The van der Waals surface area contributed by atoms with Crippen LogP contribution >= 0.6 is 0 Å². The van der Waals surface area contributed by atoms with E-state index in [2.05, 4.69) is 15.2 Å². The number of benzene rings is 1. The zero-order valence-electron chi connectivity index (χ0n) is 18.5. The van der Waals surface area contributed by atoms with Crippen molar-refractivity contribution in [3.63, 3.8) is 0 Å². The van der Waals surface area contributed by atoms with Gasteiger partial charge >= 0.3 is 0 Å². The van der Waals surface area contributed by atoms with E-state index in [1.165, 1.54) is 11.1 Å². The highest BCUT2D eigenvalue weighted by Gasteiger charge is 2.34. The quantitative estimate of drug-likeness (QED) is 0.649. The predicted octanol–water partition coefficient (Wildman–Crippen LogP) is 1.93. The minimum atomic E-state index is -3.38. The van der Waals surface area contributed by atoms with Crippen LogP contribution in [0.2, 0.25) is 0 Å². The number of sulfone groups is 1. The molecule has 0 bridgehead atoms. The van der Waals surface area contributed by atoms with Crippen molar-refractivity contribution < 1.29 is 13.5 Å². The number of aromatic nitrogens is 5. The highest BCUT2D eigenvalue weighted by atomic mass is 32.2. The molecule has 3 heterocycles. The SMILES string of the molecule is CC(C)(C)c1nc(N2CC[C@](C)(O)C2)c2nn(Cc3ccccc3S(C)(=O)=O)nc2n1. The number of β-amino-alcohol motifs (C(OH)–C–C–N with tert-alkyl or cyclic N) is 1. The van der Waals surface area contributed by atoms with Crippen molar-refractivity contribution in [2.24, 2.45) is 0 Å². The number of hydrogen-bond donors (Lipinski definition) is 1. The first-order valence-corrected chi connectivity index (χ1v) is 12.1. The fraction of sp³-hybridized carbons (Fsp3) is 0.524. The summed E-state index contributed by atoms with van der Waals surface area (Å²) in [7, 11) is -3.38. The Kier molecular flexibility index (Phi) is 5.05. The number of aliphatic hydroxyl groups is 1. The Morgan fingerprint density at radius 1 is 1.16 bits per heavy atom. The number of hydrogen-bond acceptors (Lipinski definition) is 8. The van der Waals surface area contributed by atoms with Crippen LogP contribution in [0.1, 0.15) is 45.5 Å². The van der Waals surface area contributed by atoms with Gasteiger partial charge in [-0.15, -0.1) is 10.2 Å². The molecule has 31 heavy (non-hydrogen) atoms. The number of fused-ring (bicyclic) bond motifs is 1.